The van der Waals surface area contributed by atoms with Crippen molar-refractivity contribution in [1.82, 2.24) is 9.78 Å². The van der Waals surface area contributed by atoms with Crippen LogP contribution in [0.25, 0.3) is 0 Å². The second-order valence-electron chi connectivity index (χ2n) is 6.53. The average molecular weight is 386 g/mol. The minimum absolute atomic E-state index is 0.0214. The van der Waals surface area contributed by atoms with Gasteiger partial charge in [0, 0.05) is 14.0 Å². The number of para-hydroxylation sites is 2. The summed E-state index contributed by atoms with van der Waals surface area (Å²) in [7, 11) is 1.77. The van der Waals surface area contributed by atoms with E-state index in [2.05, 4.69) is 10.4 Å². The van der Waals surface area contributed by atoms with Crippen LogP contribution in [0, 0.1) is 13.8 Å². The van der Waals surface area contributed by atoms with Crippen LogP contribution < -0.4 is 15.0 Å². The van der Waals surface area contributed by atoms with Crippen LogP contribution in [0.4, 0.5) is 11.4 Å². The van der Waals surface area contributed by atoms with Crippen LogP contribution >= 0.6 is 0 Å². The fourth-order valence-corrected chi connectivity index (χ4v) is 3.01. The fourth-order valence-electron chi connectivity index (χ4n) is 3.01. The lowest BCUT2D eigenvalue weighted by Gasteiger charge is -2.33. The van der Waals surface area contributed by atoms with Gasteiger partial charge in [0.05, 0.1) is 29.3 Å². The average Bonchev–Trinajstić information content (AvgIpc) is 2.91. The summed E-state index contributed by atoms with van der Waals surface area (Å²) in [4.78, 5) is 37.9. The van der Waals surface area contributed by atoms with Crippen LogP contribution in [0.1, 0.15) is 18.3 Å². The van der Waals surface area contributed by atoms with Gasteiger partial charge in [0.25, 0.3) is 5.91 Å². The quantitative estimate of drug-likeness (QED) is 0.796. The van der Waals surface area contributed by atoms with Crippen molar-refractivity contribution < 1.29 is 23.9 Å². The summed E-state index contributed by atoms with van der Waals surface area (Å²) in [6.45, 7) is 4.57. The highest BCUT2D eigenvalue weighted by molar-refractivity contribution is 5.96. The summed E-state index contributed by atoms with van der Waals surface area (Å²) in [5, 5.41) is 6.91. The standard InChI is InChI=1S/C19H22N4O5/c1-11-18(12(2)22(4)21-11)20-17(25)10-27-19(26)16-9-23(13(3)24)14-7-5-6-8-15(14)28-16/h5-8,16H,9-10H2,1-4H3,(H,20,25)/t16-/m0/s1. The van der Waals surface area contributed by atoms with Gasteiger partial charge >= 0.3 is 5.97 Å². The van der Waals surface area contributed by atoms with Crippen LogP contribution in [-0.4, -0.2) is 46.8 Å². The second-order valence-corrected chi connectivity index (χ2v) is 6.53. The number of aromatic nitrogens is 2. The molecule has 0 saturated carbocycles. The Morgan fingerprint density at radius 3 is 2.64 bits per heavy atom. The molecule has 0 saturated heterocycles. The molecule has 1 N–H and O–H groups in total. The van der Waals surface area contributed by atoms with Gasteiger partial charge in [-0.1, -0.05) is 12.1 Å². The van der Waals surface area contributed by atoms with Crippen molar-refractivity contribution in [2.45, 2.75) is 26.9 Å². The van der Waals surface area contributed by atoms with E-state index in [1.54, 1.807) is 42.9 Å². The first-order valence-corrected chi connectivity index (χ1v) is 8.78. The first kappa shape index (κ1) is 19.4. The van der Waals surface area contributed by atoms with Crippen LogP contribution in [0.3, 0.4) is 0 Å². The molecule has 1 atom stereocenters. The van der Waals surface area contributed by atoms with Crippen molar-refractivity contribution in [2.24, 2.45) is 7.05 Å². The molecule has 3 rings (SSSR count). The van der Waals surface area contributed by atoms with Crippen molar-refractivity contribution in [3.8, 4) is 5.75 Å². The molecule has 28 heavy (non-hydrogen) atoms. The van der Waals surface area contributed by atoms with Gasteiger partial charge in [-0.3, -0.25) is 14.3 Å². The third kappa shape index (κ3) is 3.83. The molecule has 0 aliphatic carbocycles. The highest BCUT2D eigenvalue weighted by atomic mass is 16.6. The minimum Gasteiger partial charge on any atom is -0.475 e. The third-order valence-corrected chi connectivity index (χ3v) is 4.54. The number of aryl methyl sites for hydroxylation is 2. The number of hydrogen-bond donors (Lipinski definition) is 1. The van der Waals surface area contributed by atoms with Crippen molar-refractivity contribution >= 4 is 29.2 Å². The smallest absolute Gasteiger partial charge is 0.349 e. The number of anilines is 2. The maximum Gasteiger partial charge on any atom is 0.349 e. The van der Waals surface area contributed by atoms with E-state index >= 15 is 0 Å². The Morgan fingerprint density at radius 1 is 1.29 bits per heavy atom. The first-order chi connectivity index (χ1) is 13.3. The van der Waals surface area contributed by atoms with Gasteiger partial charge in [-0.15, -0.1) is 0 Å². The van der Waals surface area contributed by atoms with Crippen LogP contribution in [0.2, 0.25) is 0 Å². The third-order valence-electron chi connectivity index (χ3n) is 4.54. The van der Waals surface area contributed by atoms with Gasteiger partial charge in [0.1, 0.15) is 5.75 Å². The summed E-state index contributed by atoms with van der Waals surface area (Å²) in [5.41, 5.74) is 2.65. The van der Waals surface area contributed by atoms with E-state index in [1.807, 2.05) is 6.92 Å². The summed E-state index contributed by atoms with van der Waals surface area (Å²) in [6, 6.07) is 6.94. The Kier molecular flexibility index (Phi) is 5.34. The zero-order valence-corrected chi connectivity index (χ0v) is 16.2. The molecule has 0 bridgehead atoms. The van der Waals surface area contributed by atoms with Crippen molar-refractivity contribution in [3.05, 3.63) is 35.7 Å². The number of rotatable bonds is 4. The fraction of sp³-hybridized carbons (Fsp3) is 0.368. The zero-order chi connectivity index (χ0) is 20.4. The Labute approximate surface area is 162 Å². The molecule has 9 nitrogen and oxygen atoms in total. The maximum atomic E-state index is 12.4. The van der Waals surface area contributed by atoms with Gasteiger partial charge in [-0.2, -0.15) is 5.10 Å². The highest BCUT2D eigenvalue weighted by Crippen LogP contribution is 2.33. The first-order valence-electron chi connectivity index (χ1n) is 8.78. The van der Waals surface area contributed by atoms with Gasteiger partial charge in [0.2, 0.25) is 12.0 Å². The molecule has 0 unspecified atom stereocenters. The highest BCUT2D eigenvalue weighted by Gasteiger charge is 2.33. The van der Waals surface area contributed by atoms with E-state index in [4.69, 9.17) is 9.47 Å². The van der Waals surface area contributed by atoms with Crippen molar-refractivity contribution in [2.75, 3.05) is 23.4 Å². The normalized spacial score (nSPS) is 15.4. The molecular weight excluding hydrogens is 364 g/mol. The lowest BCUT2D eigenvalue weighted by molar-refractivity contribution is -0.154. The van der Waals surface area contributed by atoms with E-state index in [0.29, 0.717) is 22.8 Å². The topological polar surface area (TPSA) is 103 Å². The number of fused-ring (bicyclic) bond motifs is 1. The number of esters is 1. The van der Waals surface area contributed by atoms with Gasteiger partial charge < -0.3 is 19.7 Å². The molecule has 0 spiro atoms. The largest absolute Gasteiger partial charge is 0.475 e. The molecule has 9 heteroatoms. The Morgan fingerprint density at radius 2 is 2.00 bits per heavy atom. The van der Waals surface area contributed by atoms with E-state index in [9.17, 15) is 14.4 Å². The number of ether oxygens (including phenoxy) is 2. The molecule has 0 fully saturated rings. The Bertz CT molecular complexity index is 936. The Hall–Kier alpha value is -3.36. The second kappa shape index (κ2) is 7.71. The maximum absolute atomic E-state index is 12.4. The molecular formula is C19H22N4O5. The number of carbonyl (C=O) groups is 3. The monoisotopic (exact) mass is 386 g/mol. The molecule has 1 aliphatic rings. The zero-order valence-electron chi connectivity index (χ0n) is 16.2. The molecule has 1 aromatic carbocycles. The Balaban J connectivity index is 1.62. The SMILES string of the molecule is CC(=O)N1C[C@@H](C(=O)OCC(=O)Nc2c(C)nn(C)c2C)Oc2ccccc21. The van der Waals surface area contributed by atoms with Gasteiger partial charge in [-0.05, 0) is 26.0 Å². The number of nitrogens with one attached hydrogen (secondary N) is 1. The summed E-state index contributed by atoms with van der Waals surface area (Å²) < 4.78 is 12.4. The lowest BCUT2D eigenvalue weighted by Crippen LogP contribution is -2.47. The van der Waals surface area contributed by atoms with E-state index in [0.717, 1.165) is 5.69 Å². The molecule has 2 amide bonds. The predicted octanol–water partition coefficient (Wildman–Crippen LogP) is 1.33. The van der Waals surface area contributed by atoms with E-state index in [1.165, 1.54) is 11.8 Å². The number of carbonyl (C=O) groups excluding carboxylic acids is 3. The van der Waals surface area contributed by atoms with Crippen molar-refractivity contribution in [3.63, 3.8) is 0 Å². The van der Waals surface area contributed by atoms with Crippen LogP contribution in [0.15, 0.2) is 24.3 Å². The molecule has 1 aromatic heterocycles. The molecule has 148 valence electrons. The van der Waals surface area contributed by atoms with Crippen LogP contribution in [-0.2, 0) is 26.2 Å². The van der Waals surface area contributed by atoms with Crippen molar-refractivity contribution in [1.29, 1.82) is 0 Å². The number of nitrogens with zero attached hydrogens (tertiary/aromatic N) is 3. The minimum atomic E-state index is -1.01. The van der Waals surface area contributed by atoms with Gasteiger partial charge in [-0.25, -0.2) is 4.79 Å². The molecule has 2 heterocycles. The number of benzene rings is 1. The van der Waals surface area contributed by atoms with E-state index < -0.39 is 24.6 Å². The predicted molar refractivity (Wildman–Crippen MR) is 101 cm³/mol. The molecule has 1 aliphatic heterocycles. The number of hydrogen-bond acceptors (Lipinski definition) is 6. The lowest BCUT2D eigenvalue weighted by atomic mass is 10.2. The summed E-state index contributed by atoms with van der Waals surface area (Å²) in [5.74, 6) is -0.992. The summed E-state index contributed by atoms with van der Waals surface area (Å²) in [6.07, 6.45) is -1.01. The van der Waals surface area contributed by atoms with E-state index in [-0.39, 0.29) is 12.5 Å². The van der Waals surface area contributed by atoms with Crippen LogP contribution in [0.5, 0.6) is 5.75 Å². The number of amides is 2. The van der Waals surface area contributed by atoms with Gasteiger partial charge in [0.15, 0.2) is 6.61 Å². The molecule has 0 radical (unpaired) electrons. The molecule has 2 aromatic rings. The summed E-state index contributed by atoms with van der Waals surface area (Å²) >= 11 is 0.